The van der Waals surface area contributed by atoms with E-state index in [1.54, 1.807) is 0 Å². The minimum Gasteiger partial charge on any atom is -0.309 e. The van der Waals surface area contributed by atoms with Crippen molar-refractivity contribution in [2.45, 2.75) is 33.1 Å². The van der Waals surface area contributed by atoms with Crippen molar-refractivity contribution in [3.05, 3.63) is 145 Å². The van der Waals surface area contributed by atoms with E-state index in [-0.39, 0.29) is 5.41 Å². The van der Waals surface area contributed by atoms with Crippen LogP contribution in [0, 0.1) is 6.92 Å². The predicted octanol–water partition coefficient (Wildman–Crippen LogP) is 11.2. The van der Waals surface area contributed by atoms with Gasteiger partial charge in [0.2, 0.25) is 0 Å². The molecule has 0 bridgehead atoms. The van der Waals surface area contributed by atoms with E-state index >= 15 is 0 Å². The predicted molar refractivity (Wildman–Crippen MR) is 184 cm³/mol. The molecule has 2 aromatic heterocycles. The molecule has 0 atom stereocenters. The van der Waals surface area contributed by atoms with Crippen LogP contribution in [0.5, 0.6) is 0 Å². The minimum absolute atomic E-state index is 0.0946. The van der Waals surface area contributed by atoms with Crippen LogP contribution in [0.15, 0.2) is 133 Å². The first-order chi connectivity index (χ1) is 20.9. The first-order valence-corrected chi connectivity index (χ1v) is 15.1. The molecule has 0 radical (unpaired) electrons. The van der Waals surface area contributed by atoms with Gasteiger partial charge in [0.1, 0.15) is 0 Å². The largest absolute Gasteiger partial charge is 0.309 e. The molecule has 2 heterocycles. The molecule has 0 N–H and O–H groups in total. The van der Waals surface area contributed by atoms with Crippen LogP contribution in [0.2, 0.25) is 0 Å². The fourth-order valence-electron chi connectivity index (χ4n) is 6.73. The zero-order valence-electron chi connectivity index (χ0n) is 25.1. The average molecular weight is 555 g/mol. The molecule has 0 unspecified atom stereocenters. The third-order valence-corrected chi connectivity index (χ3v) is 8.91. The van der Waals surface area contributed by atoms with E-state index in [0.29, 0.717) is 0 Å². The summed E-state index contributed by atoms with van der Waals surface area (Å²) in [7, 11) is 0. The molecule has 6 aromatic carbocycles. The lowest BCUT2D eigenvalue weighted by molar-refractivity contribution is 0.591. The molecule has 0 amide bonds. The summed E-state index contributed by atoms with van der Waals surface area (Å²) < 4.78 is 4.82. The molecule has 0 aliphatic rings. The highest BCUT2D eigenvalue weighted by Crippen LogP contribution is 2.37. The Bertz CT molecular complexity index is 2340. The van der Waals surface area contributed by atoms with Crippen LogP contribution in [0.4, 0.5) is 0 Å². The summed E-state index contributed by atoms with van der Waals surface area (Å²) in [6.45, 7) is 9.02. The van der Waals surface area contributed by atoms with Crippen molar-refractivity contribution < 1.29 is 0 Å². The summed E-state index contributed by atoms with van der Waals surface area (Å²) in [5.74, 6) is 0. The monoisotopic (exact) mass is 554 g/mol. The van der Waals surface area contributed by atoms with Crippen molar-refractivity contribution in [1.29, 1.82) is 0 Å². The zero-order chi connectivity index (χ0) is 29.3. The van der Waals surface area contributed by atoms with E-state index in [1.165, 1.54) is 77.2 Å². The first kappa shape index (κ1) is 25.6. The smallest absolute Gasteiger partial charge is 0.0543 e. The van der Waals surface area contributed by atoms with Gasteiger partial charge < -0.3 is 9.13 Å². The quantitative estimate of drug-likeness (QED) is 0.206. The molecular weight excluding hydrogens is 520 g/mol. The molecule has 2 nitrogen and oxygen atoms in total. The van der Waals surface area contributed by atoms with Crippen LogP contribution in [0.3, 0.4) is 0 Å². The molecule has 8 rings (SSSR count). The number of rotatable bonds is 3. The van der Waals surface area contributed by atoms with E-state index in [2.05, 4.69) is 170 Å². The maximum absolute atomic E-state index is 2.42. The molecule has 0 aliphatic heterocycles. The average Bonchev–Trinajstić information content (AvgIpc) is 3.53. The number of para-hydroxylation sites is 2. The molecule has 0 fully saturated rings. The van der Waals surface area contributed by atoms with Gasteiger partial charge in [-0.1, -0.05) is 99.6 Å². The Kier molecular flexibility index (Phi) is 5.64. The van der Waals surface area contributed by atoms with Gasteiger partial charge in [-0.2, -0.15) is 0 Å². The highest BCUT2D eigenvalue weighted by molar-refractivity contribution is 6.10. The van der Waals surface area contributed by atoms with Crippen molar-refractivity contribution in [1.82, 2.24) is 9.13 Å². The number of fused-ring (bicyclic) bond motifs is 6. The molecule has 8 aromatic rings. The van der Waals surface area contributed by atoms with Crippen LogP contribution >= 0.6 is 0 Å². The molecule has 2 heteroatoms. The van der Waals surface area contributed by atoms with Crippen molar-refractivity contribution in [3.63, 3.8) is 0 Å². The van der Waals surface area contributed by atoms with Crippen LogP contribution in [-0.4, -0.2) is 9.13 Å². The van der Waals surface area contributed by atoms with Crippen LogP contribution in [0.1, 0.15) is 31.9 Å². The fraction of sp³-hybridized carbons (Fsp3) is 0.122. The van der Waals surface area contributed by atoms with E-state index in [0.717, 1.165) is 0 Å². The number of hydrogen-bond donors (Lipinski definition) is 0. The lowest BCUT2D eigenvalue weighted by atomic mass is 9.86. The summed E-state index contributed by atoms with van der Waals surface area (Å²) in [5, 5.41) is 5.16. The molecule has 208 valence electrons. The van der Waals surface area contributed by atoms with E-state index in [9.17, 15) is 0 Å². The van der Waals surface area contributed by atoms with Crippen molar-refractivity contribution >= 4 is 43.6 Å². The van der Waals surface area contributed by atoms with Gasteiger partial charge in [-0.3, -0.25) is 0 Å². The number of aryl methyl sites for hydroxylation is 1. The number of aromatic nitrogens is 2. The minimum atomic E-state index is 0.0946. The molecular formula is C41H34N2. The van der Waals surface area contributed by atoms with Gasteiger partial charge in [-0.25, -0.2) is 0 Å². The number of nitrogens with zero attached hydrogens (tertiary/aromatic N) is 2. The summed E-state index contributed by atoms with van der Waals surface area (Å²) in [6.07, 6.45) is 0. The third-order valence-electron chi connectivity index (χ3n) is 8.91. The second-order valence-electron chi connectivity index (χ2n) is 12.8. The maximum Gasteiger partial charge on any atom is 0.0543 e. The Morgan fingerprint density at radius 1 is 0.419 bits per heavy atom. The second-order valence-corrected chi connectivity index (χ2v) is 12.8. The van der Waals surface area contributed by atoms with E-state index in [4.69, 9.17) is 0 Å². The second kappa shape index (κ2) is 9.47. The normalized spacial score (nSPS) is 12.2. The Balaban J connectivity index is 1.30. The Labute approximate surface area is 252 Å². The Hall–Kier alpha value is -5.08. The number of hydrogen-bond acceptors (Lipinski definition) is 0. The lowest BCUT2D eigenvalue weighted by Gasteiger charge is -2.19. The fourth-order valence-corrected chi connectivity index (χ4v) is 6.73. The highest BCUT2D eigenvalue weighted by Gasteiger charge is 2.18. The van der Waals surface area contributed by atoms with Crippen molar-refractivity contribution in [2.75, 3.05) is 0 Å². The lowest BCUT2D eigenvalue weighted by Crippen LogP contribution is -2.10. The first-order valence-electron chi connectivity index (χ1n) is 15.1. The van der Waals surface area contributed by atoms with E-state index in [1.807, 2.05) is 0 Å². The Morgan fingerprint density at radius 3 is 1.58 bits per heavy atom. The van der Waals surface area contributed by atoms with Gasteiger partial charge in [-0.15, -0.1) is 0 Å². The summed E-state index contributed by atoms with van der Waals surface area (Å²) in [4.78, 5) is 0. The van der Waals surface area contributed by atoms with Gasteiger partial charge in [0.15, 0.2) is 0 Å². The van der Waals surface area contributed by atoms with Crippen LogP contribution in [-0.2, 0) is 5.41 Å². The number of benzene rings is 6. The summed E-state index contributed by atoms with van der Waals surface area (Å²) >= 11 is 0. The summed E-state index contributed by atoms with van der Waals surface area (Å²) in [5.41, 5.74) is 12.4. The van der Waals surface area contributed by atoms with Crippen LogP contribution < -0.4 is 0 Å². The molecule has 43 heavy (non-hydrogen) atoms. The summed E-state index contributed by atoms with van der Waals surface area (Å²) in [6, 6.07) is 49.2. The zero-order valence-corrected chi connectivity index (χ0v) is 25.1. The van der Waals surface area contributed by atoms with Gasteiger partial charge in [0.05, 0.1) is 22.1 Å². The topological polar surface area (TPSA) is 9.86 Å². The van der Waals surface area contributed by atoms with E-state index < -0.39 is 0 Å². The van der Waals surface area contributed by atoms with Crippen molar-refractivity contribution in [2.24, 2.45) is 0 Å². The maximum atomic E-state index is 2.42. The molecule has 0 aliphatic carbocycles. The van der Waals surface area contributed by atoms with Crippen LogP contribution in [0.25, 0.3) is 66.1 Å². The van der Waals surface area contributed by atoms with Gasteiger partial charge >= 0.3 is 0 Å². The van der Waals surface area contributed by atoms with Gasteiger partial charge in [-0.05, 0) is 89.2 Å². The third kappa shape index (κ3) is 4.09. The van der Waals surface area contributed by atoms with Gasteiger partial charge in [0.25, 0.3) is 0 Å². The molecule has 0 spiro atoms. The molecule has 0 saturated carbocycles. The Morgan fingerprint density at radius 2 is 0.953 bits per heavy atom. The standard InChI is InChI=1S/C41H34N2/c1-27-19-21-35-33-15-5-7-17-37(33)43(40(35)23-27)32-14-10-12-29(25-32)28-11-9-13-31(24-28)42-38-18-8-6-16-34(38)36-26-30(41(2,3)4)20-22-39(36)42/h5-26H,1-4H3. The highest BCUT2D eigenvalue weighted by atomic mass is 15.0. The van der Waals surface area contributed by atoms with Crippen molar-refractivity contribution in [3.8, 4) is 22.5 Å². The SMILES string of the molecule is Cc1ccc2c3ccccc3n(-c3cccc(-c4cccc(-n5c6ccccc6c6cc(C(C)(C)C)ccc65)c4)c3)c2c1. The van der Waals surface area contributed by atoms with Gasteiger partial charge in [0, 0.05) is 32.9 Å². The molecule has 0 saturated heterocycles.